The SMILES string of the molecule is CNC1CC2CCCC(C1)N2C1CCCCC1C(C)C. The first-order valence-corrected chi connectivity index (χ1v) is 9.15. The van der Waals surface area contributed by atoms with Crippen LogP contribution in [0.2, 0.25) is 0 Å². The zero-order valence-corrected chi connectivity index (χ0v) is 13.8. The van der Waals surface area contributed by atoms with Crippen LogP contribution in [-0.4, -0.2) is 36.1 Å². The molecule has 0 aromatic rings. The van der Waals surface area contributed by atoms with Gasteiger partial charge in [-0.2, -0.15) is 0 Å². The predicted octanol–water partition coefficient (Wildman–Crippen LogP) is 3.81. The molecule has 1 saturated carbocycles. The first-order chi connectivity index (χ1) is 9.70. The molecule has 2 heterocycles. The second-order valence-electron chi connectivity index (χ2n) is 7.90. The van der Waals surface area contributed by atoms with Crippen molar-refractivity contribution in [2.45, 2.75) is 95.8 Å². The smallest absolute Gasteiger partial charge is 0.0132 e. The lowest BCUT2D eigenvalue weighted by Gasteiger charge is -2.55. The Hall–Kier alpha value is -0.0800. The molecular weight excluding hydrogens is 244 g/mol. The highest BCUT2D eigenvalue weighted by Gasteiger charge is 2.44. The van der Waals surface area contributed by atoms with Crippen LogP contribution in [0.4, 0.5) is 0 Å². The number of hydrogen-bond donors (Lipinski definition) is 1. The van der Waals surface area contributed by atoms with Gasteiger partial charge >= 0.3 is 0 Å². The van der Waals surface area contributed by atoms with Gasteiger partial charge in [0.25, 0.3) is 0 Å². The molecule has 3 fully saturated rings. The van der Waals surface area contributed by atoms with Crippen LogP contribution in [0.3, 0.4) is 0 Å². The Morgan fingerprint density at radius 1 is 0.900 bits per heavy atom. The molecule has 0 spiro atoms. The summed E-state index contributed by atoms with van der Waals surface area (Å²) in [5.74, 6) is 1.82. The summed E-state index contributed by atoms with van der Waals surface area (Å²) in [5, 5.41) is 3.56. The third-order valence-electron chi connectivity index (χ3n) is 6.46. The molecule has 4 atom stereocenters. The quantitative estimate of drug-likeness (QED) is 0.844. The third kappa shape index (κ3) is 2.78. The number of nitrogens with zero attached hydrogens (tertiary/aromatic N) is 1. The van der Waals surface area contributed by atoms with Gasteiger partial charge in [0, 0.05) is 24.2 Å². The zero-order chi connectivity index (χ0) is 14.1. The second kappa shape index (κ2) is 6.36. The lowest BCUT2D eigenvalue weighted by molar-refractivity contribution is -0.0494. The molecule has 0 aromatic carbocycles. The Morgan fingerprint density at radius 2 is 1.55 bits per heavy atom. The molecule has 0 amide bonds. The average molecular weight is 278 g/mol. The van der Waals surface area contributed by atoms with Crippen LogP contribution >= 0.6 is 0 Å². The average Bonchev–Trinajstić information content (AvgIpc) is 2.45. The van der Waals surface area contributed by atoms with Crippen LogP contribution in [-0.2, 0) is 0 Å². The summed E-state index contributed by atoms with van der Waals surface area (Å²) in [7, 11) is 2.16. The fourth-order valence-electron chi connectivity index (χ4n) is 5.48. The van der Waals surface area contributed by atoms with Gasteiger partial charge in [0.2, 0.25) is 0 Å². The minimum Gasteiger partial charge on any atom is -0.317 e. The number of hydrogen-bond acceptors (Lipinski definition) is 2. The summed E-state index contributed by atoms with van der Waals surface area (Å²) >= 11 is 0. The van der Waals surface area contributed by atoms with Crippen molar-refractivity contribution < 1.29 is 0 Å². The number of rotatable bonds is 3. The van der Waals surface area contributed by atoms with Crippen molar-refractivity contribution in [3.05, 3.63) is 0 Å². The minimum absolute atomic E-state index is 0.780. The molecule has 2 saturated heterocycles. The third-order valence-corrected chi connectivity index (χ3v) is 6.46. The highest BCUT2D eigenvalue weighted by molar-refractivity contribution is 5.00. The molecule has 3 rings (SSSR count). The van der Waals surface area contributed by atoms with Crippen molar-refractivity contribution in [1.29, 1.82) is 0 Å². The van der Waals surface area contributed by atoms with Gasteiger partial charge in [-0.1, -0.05) is 33.1 Å². The molecule has 2 aliphatic heterocycles. The molecule has 1 N–H and O–H groups in total. The molecule has 0 aromatic heterocycles. The van der Waals surface area contributed by atoms with E-state index in [1.165, 1.54) is 57.8 Å². The Balaban J connectivity index is 1.77. The van der Waals surface area contributed by atoms with Crippen LogP contribution < -0.4 is 5.32 Å². The maximum Gasteiger partial charge on any atom is 0.0132 e. The summed E-state index contributed by atoms with van der Waals surface area (Å²) < 4.78 is 0. The van der Waals surface area contributed by atoms with Crippen LogP contribution in [0.25, 0.3) is 0 Å². The van der Waals surface area contributed by atoms with Crippen molar-refractivity contribution >= 4 is 0 Å². The van der Waals surface area contributed by atoms with Gasteiger partial charge < -0.3 is 5.32 Å². The molecule has 3 aliphatic rings. The van der Waals surface area contributed by atoms with E-state index in [0.717, 1.165) is 36.0 Å². The highest BCUT2D eigenvalue weighted by Crippen LogP contribution is 2.42. The minimum atomic E-state index is 0.780. The fraction of sp³-hybridized carbons (Fsp3) is 1.00. The van der Waals surface area contributed by atoms with E-state index in [1.54, 1.807) is 0 Å². The van der Waals surface area contributed by atoms with E-state index in [0.29, 0.717) is 0 Å². The van der Waals surface area contributed by atoms with E-state index < -0.39 is 0 Å². The highest BCUT2D eigenvalue weighted by atomic mass is 15.2. The monoisotopic (exact) mass is 278 g/mol. The van der Waals surface area contributed by atoms with Crippen molar-refractivity contribution in [2.75, 3.05) is 7.05 Å². The van der Waals surface area contributed by atoms with Gasteiger partial charge in [0.1, 0.15) is 0 Å². The molecule has 4 unspecified atom stereocenters. The number of fused-ring (bicyclic) bond motifs is 2. The summed E-state index contributed by atoms with van der Waals surface area (Å²) in [6.45, 7) is 4.91. The predicted molar refractivity (Wildman–Crippen MR) is 85.9 cm³/mol. The molecule has 2 bridgehead atoms. The molecule has 116 valence electrons. The van der Waals surface area contributed by atoms with Gasteiger partial charge in [0.15, 0.2) is 0 Å². The topological polar surface area (TPSA) is 15.3 Å². The summed E-state index contributed by atoms with van der Waals surface area (Å²) in [4.78, 5) is 3.03. The van der Waals surface area contributed by atoms with Crippen molar-refractivity contribution in [3.63, 3.8) is 0 Å². The lowest BCUT2D eigenvalue weighted by atomic mass is 9.72. The van der Waals surface area contributed by atoms with E-state index in [-0.39, 0.29) is 0 Å². The maximum atomic E-state index is 3.56. The van der Waals surface area contributed by atoms with Gasteiger partial charge in [-0.3, -0.25) is 4.90 Å². The molecule has 1 aliphatic carbocycles. The molecule has 2 nitrogen and oxygen atoms in total. The molecular formula is C18H34N2. The van der Waals surface area contributed by atoms with Gasteiger partial charge in [0.05, 0.1) is 0 Å². The van der Waals surface area contributed by atoms with E-state index in [1.807, 2.05) is 0 Å². The zero-order valence-electron chi connectivity index (χ0n) is 13.8. The Labute approximate surface area is 125 Å². The standard InChI is InChI=1S/C18H34N2/c1-13(2)17-9-4-5-10-18(17)20-15-7-6-8-16(20)12-14(11-15)19-3/h13-19H,4-12H2,1-3H3. The first kappa shape index (κ1) is 14.8. The van der Waals surface area contributed by atoms with Crippen LogP contribution in [0.1, 0.15) is 71.6 Å². The van der Waals surface area contributed by atoms with Gasteiger partial charge in [-0.25, -0.2) is 0 Å². The van der Waals surface area contributed by atoms with Crippen molar-refractivity contribution in [1.82, 2.24) is 10.2 Å². The Bertz CT molecular complexity index is 301. The largest absolute Gasteiger partial charge is 0.317 e. The number of nitrogens with one attached hydrogen (secondary N) is 1. The number of piperidine rings is 2. The van der Waals surface area contributed by atoms with Gasteiger partial charge in [-0.05, 0) is 57.4 Å². The second-order valence-corrected chi connectivity index (χ2v) is 7.90. The normalized spacial score (nSPS) is 42.9. The van der Waals surface area contributed by atoms with Crippen LogP contribution in [0, 0.1) is 11.8 Å². The van der Waals surface area contributed by atoms with E-state index in [4.69, 9.17) is 0 Å². The molecule has 2 heteroatoms. The molecule has 20 heavy (non-hydrogen) atoms. The summed E-state index contributed by atoms with van der Waals surface area (Å²) in [6.07, 6.45) is 13.1. The van der Waals surface area contributed by atoms with Gasteiger partial charge in [-0.15, -0.1) is 0 Å². The maximum absolute atomic E-state index is 3.56. The Morgan fingerprint density at radius 3 is 2.15 bits per heavy atom. The summed E-state index contributed by atoms with van der Waals surface area (Å²) in [6, 6.07) is 3.44. The fourth-order valence-corrected chi connectivity index (χ4v) is 5.48. The van der Waals surface area contributed by atoms with Crippen LogP contribution in [0.5, 0.6) is 0 Å². The van der Waals surface area contributed by atoms with E-state index >= 15 is 0 Å². The Kier molecular flexibility index (Phi) is 4.72. The molecule has 0 radical (unpaired) electrons. The van der Waals surface area contributed by atoms with Crippen molar-refractivity contribution in [3.8, 4) is 0 Å². The van der Waals surface area contributed by atoms with E-state index in [2.05, 4.69) is 31.1 Å². The lowest BCUT2D eigenvalue weighted by Crippen LogP contribution is -2.61. The van der Waals surface area contributed by atoms with E-state index in [9.17, 15) is 0 Å². The van der Waals surface area contributed by atoms with Crippen molar-refractivity contribution in [2.24, 2.45) is 11.8 Å². The van der Waals surface area contributed by atoms with Crippen LogP contribution in [0.15, 0.2) is 0 Å². The summed E-state index contributed by atoms with van der Waals surface area (Å²) in [5.41, 5.74) is 0. The first-order valence-electron chi connectivity index (χ1n) is 9.15.